The highest BCUT2D eigenvalue weighted by Crippen LogP contribution is 2.17. The summed E-state index contributed by atoms with van der Waals surface area (Å²) < 4.78 is 5.88. The molecule has 0 saturated carbocycles. The molecule has 0 saturated heterocycles. The molecule has 0 aliphatic heterocycles. The number of carbonyl (C=O) groups is 2. The SMILES string of the molecule is CC/C=C\C/C=C\C/C=C\C/C=C\C/C=C\CCCC(=O)OC(CCCCC\C=C/C=C/C=C/C=C/CC)CC(=O)NC(CO)C(O)CCCCCCCCCCCCCCCC. The molecule has 0 heterocycles. The number of unbranched alkanes of at least 4 members (excludes halogenated alkanes) is 17. The summed E-state index contributed by atoms with van der Waals surface area (Å²) in [5, 5.41) is 23.8. The van der Waals surface area contributed by atoms with E-state index < -0.39 is 18.2 Å². The predicted molar refractivity (Wildman–Crippen MR) is 273 cm³/mol. The molecule has 0 aromatic carbocycles. The lowest BCUT2D eigenvalue weighted by molar-refractivity contribution is -0.151. The Morgan fingerprint density at radius 3 is 1.48 bits per heavy atom. The largest absolute Gasteiger partial charge is 0.462 e. The number of hydrogen-bond acceptors (Lipinski definition) is 5. The zero-order chi connectivity index (χ0) is 45.9. The third-order valence-corrected chi connectivity index (χ3v) is 10.9. The molecule has 0 bridgehead atoms. The second-order valence-electron chi connectivity index (χ2n) is 16.9. The molecular formula is C57H95NO5. The van der Waals surface area contributed by atoms with Crippen molar-refractivity contribution in [2.45, 2.75) is 232 Å². The average Bonchev–Trinajstić information content (AvgIpc) is 3.28. The fourth-order valence-electron chi connectivity index (χ4n) is 7.12. The van der Waals surface area contributed by atoms with Crippen molar-refractivity contribution < 1.29 is 24.5 Å². The van der Waals surface area contributed by atoms with Gasteiger partial charge < -0.3 is 20.3 Å². The summed E-state index contributed by atoms with van der Waals surface area (Å²) in [4.78, 5) is 26.1. The monoisotopic (exact) mass is 874 g/mol. The Bertz CT molecular complexity index is 1300. The number of rotatable bonds is 44. The van der Waals surface area contributed by atoms with Gasteiger partial charge in [-0.05, 0) is 83.5 Å². The summed E-state index contributed by atoms with van der Waals surface area (Å²) >= 11 is 0. The number of nitrogens with one attached hydrogen (secondary N) is 1. The van der Waals surface area contributed by atoms with Gasteiger partial charge in [-0.2, -0.15) is 0 Å². The van der Waals surface area contributed by atoms with Crippen LogP contribution in [0.25, 0.3) is 0 Å². The molecule has 0 spiro atoms. The third kappa shape index (κ3) is 44.9. The number of aliphatic hydroxyl groups is 2. The number of ether oxygens (including phenoxy) is 1. The van der Waals surface area contributed by atoms with Gasteiger partial charge in [-0.25, -0.2) is 0 Å². The lowest BCUT2D eigenvalue weighted by atomic mass is 10.0. The van der Waals surface area contributed by atoms with Crippen molar-refractivity contribution in [1.29, 1.82) is 0 Å². The Labute approximate surface area is 388 Å². The highest BCUT2D eigenvalue weighted by atomic mass is 16.5. The molecular weight excluding hydrogens is 779 g/mol. The van der Waals surface area contributed by atoms with Crippen molar-refractivity contribution in [3.63, 3.8) is 0 Å². The average molecular weight is 874 g/mol. The van der Waals surface area contributed by atoms with Crippen molar-refractivity contribution in [2.75, 3.05) is 6.61 Å². The molecule has 0 fully saturated rings. The summed E-state index contributed by atoms with van der Waals surface area (Å²) in [5.74, 6) is -0.592. The topological polar surface area (TPSA) is 95.9 Å². The van der Waals surface area contributed by atoms with Crippen molar-refractivity contribution >= 4 is 11.9 Å². The first-order chi connectivity index (χ1) is 31.0. The second kappa shape index (κ2) is 49.5. The number of aliphatic hydroxyl groups excluding tert-OH is 2. The molecule has 0 aliphatic carbocycles. The van der Waals surface area contributed by atoms with Crippen molar-refractivity contribution in [1.82, 2.24) is 5.32 Å². The summed E-state index contributed by atoms with van der Waals surface area (Å²) in [6.07, 6.45) is 67.2. The fourth-order valence-corrected chi connectivity index (χ4v) is 7.12. The normalized spacial score (nSPS) is 14.2. The Hall–Kier alpha value is -3.48. The number of amides is 1. The minimum absolute atomic E-state index is 0.0221. The first-order valence-electron chi connectivity index (χ1n) is 25.7. The van der Waals surface area contributed by atoms with Gasteiger partial charge in [0.15, 0.2) is 0 Å². The first kappa shape index (κ1) is 59.5. The smallest absolute Gasteiger partial charge is 0.306 e. The van der Waals surface area contributed by atoms with Gasteiger partial charge in [0.05, 0.1) is 25.2 Å². The second-order valence-corrected chi connectivity index (χ2v) is 16.9. The van der Waals surface area contributed by atoms with Crippen LogP contribution in [0.5, 0.6) is 0 Å². The molecule has 1 amide bonds. The van der Waals surface area contributed by atoms with Crippen LogP contribution in [-0.2, 0) is 14.3 Å². The van der Waals surface area contributed by atoms with Crippen LogP contribution >= 0.6 is 0 Å². The van der Waals surface area contributed by atoms with E-state index in [1.165, 1.54) is 70.6 Å². The zero-order valence-electron chi connectivity index (χ0n) is 40.7. The summed E-state index contributed by atoms with van der Waals surface area (Å²) in [6, 6.07) is -0.733. The molecule has 3 N–H and O–H groups in total. The van der Waals surface area contributed by atoms with E-state index in [4.69, 9.17) is 4.74 Å². The van der Waals surface area contributed by atoms with E-state index in [0.29, 0.717) is 25.7 Å². The van der Waals surface area contributed by atoms with Crippen LogP contribution in [0.4, 0.5) is 0 Å². The lowest BCUT2D eigenvalue weighted by Gasteiger charge is -2.24. The first-order valence-corrected chi connectivity index (χ1v) is 25.7. The van der Waals surface area contributed by atoms with Gasteiger partial charge in [-0.15, -0.1) is 0 Å². The Morgan fingerprint density at radius 2 is 0.937 bits per heavy atom. The predicted octanol–water partition coefficient (Wildman–Crippen LogP) is 15.5. The van der Waals surface area contributed by atoms with Crippen LogP contribution in [0.3, 0.4) is 0 Å². The standard InChI is InChI=1S/C57H95NO5/c1-4-7-10-13-16-19-22-25-27-28-29-32-35-38-41-44-47-50-57(62)63-53(48-45-42-39-36-33-30-24-21-18-15-12-9-6-3)51-56(61)58-54(52-59)55(60)49-46-43-40-37-34-31-26-23-20-17-14-11-8-5-2/h7,9-10,12,15-16,18-19,21,24-25,27,29-30,32-33,38,41,53-55,59-60H,4-6,8,11,13-14,17,20,22-23,26,28,31,34-37,39-40,42-52H2,1-3H3,(H,58,61)/b10-7-,12-9+,18-15+,19-16-,24-21+,27-25-,32-29-,33-30-,41-38-. The van der Waals surface area contributed by atoms with E-state index in [-0.39, 0.29) is 24.9 Å². The molecule has 3 unspecified atom stereocenters. The van der Waals surface area contributed by atoms with E-state index in [9.17, 15) is 19.8 Å². The molecule has 0 aromatic rings. The minimum atomic E-state index is -0.815. The van der Waals surface area contributed by atoms with Gasteiger partial charge in [-0.3, -0.25) is 9.59 Å². The summed E-state index contributed by atoms with van der Waals surface area (Å²) in [5.41, 5.74) is 0. The number of allylic oxidation sites excluding steroid dienone is 18. The van der Waals surface area contributed by atoms with Gasteiger partial charge >= 0.3 is 5.97 Å². The number of carbonyl (C=O) groups excluding carboxylic acids is 2. The molecule has 3 atom stereocenters. The molecule has 0 aliphatic rings. The molecule has 0 aromatic heterocycles. The highest BCUT2D eigenvalue weighted by molar-refractivity contribution is 5.77. The van der Waals surface area contributed by atoms with E-state index >= 15 is 0 Å². The molecule has 63 heavy (non-hydrogen) atoms. The zero-order valence-corrected chi connectivity index (χ0v) is 40.7. The minimum Gasteiger partial charge on any atom is -0.462 e. The van der Waals surface area contributed by atoms with Gasteiger partial charge in [0, 0.05) is 6.42 Å². The maximum atomic E-state index is 13.2. The third-order valence-electron chi connectivity index (χ3n) is 10.9. The molecule has 6 nitrogen and oxygen atoms in total. The van der Waals surface area contributed by atoms with Gasteiger partial charge in [0.25, 0.3) is 0 Å². The van der Waals surface area contributed by atoms with E-state index in [1.54, 1.807) is 0 Å². The highest BCUT2D eigenvalue weighted by Gasteiger charge is 2.24. The van der Waals surface area contributed by atoms with Crippen LogP contribution in [-0.4, -0.2) is 46.9 Å². The van der Waals surface area contributed by atoms with Crippen molar-refractivity contribution in [2.24, 2.45) is 0 Å². The maximum Gasteiger partial charge on any atom is 0.306 e. The van der Waals surface area contributed by atoms with Crippen molar-refractivity contribution in [3.8, 4) is 0 Å². The van der Waals surface area contributed by atoms with Gasteiger partial charge in [0.1, 0.15) is 6.10 Å². The molecule has 0 rings (SSSR count). The van der Waals surface area contributed by atoms with Gasteiger partial charge in [0.2, 0.25) is 5.91 Å². The van der Waals surface area contributed by atoms with Crippen LogP contribution in [0.2, 0.25) is 0 Å². The maximum absolute atomic E-state index is 13.2. The quantitative estimate of drug-likeness (QED) is 0.0245. The van der Waals surface area contributed by atoms with Crippen LogP contribution in [0.1, 0.15) is 213 Å². The van der Waals surface area contributed by atoms with Crippen LogP contribution < -0.4 is 5.32 Å². The van der Waals surface area contributed by atoms with Gasteiger partial charge in [-0.1, -0.05) is 226 Å². The number of esters is 1. The van der Waals surface area contributed by atoms with E-state index in [1.807, 2.05) is 30.4 Å². The molecule has 358 valence electrons. The van der Waals surface area contributed by atoms with Crippen molar-refractivity contribution in [3.05, 3.63) is 109 Å². The number of hydrogen-bond donors (Lipinski definition) is 3. The van der Waals surface area contributed by atoms with Crippen LogP contribution in [0.15, 0.2) is 109 Å². The Balaban J connectivity index is 4.73. The molecule has 0 radical (unpaired) electrons. The Kier molecular flexibility index (Phi) is 46.8. The summed E-state index contributed by atoms with van der Waals surface area (Å²) in [7, 11) is 0. The fraction of sp³-hybridized carbons (Fsp3) is 0.649. The van der Waals surface area contributed by atoms with E-state index in [0.717, 1.165) is 89.9 Å². The molecule has 6 heteroatoms. The Morgan fingerprint density at radius 1 is 0.492 bits per heavy atom. The van der Waals surface area contributed by atoms with Crippen LogP contribution in [0, 0.1) is 0 Å². The summed E-state index contributed by atoms with van der Waals surface area (Å²) in [6.45, 7) is 6.20. The lowest BCUT2D eigenvalue weighted by Crippen LogP contribution is -2.46. The van der Waals surface area contributed by atoms with E-state index in [2.05, 4.69) is 105 Å².